The van der Waals surface area contributed by atoms with Crippen LogP contribution in [0.3, 0.4) is 0 Å². The zero-order valence-electron chi connectivity index (χ0n) is 16.8. The van der Waals surface area contributed by atoms with Gasteiger partial charge in [-0.25, -0.2) is 4.79 Å². The molecule has 0 amide bonds. The monoisotopic (exact) mass is 628 g/mol. The van der Waals surface area contributed by atoms with Crippen LogP contribution in [-0.4, -0.2) is 22.2 Å². The number of benzene rings is 3. The number of rotatable bonds is 5. The standard InChI is InChI=1S/C14H13O2P.C11H6F2N.Ir/c15-14(16)11-17(12-7-3-1-4-8-12)13-9-5-2-6-10-13;12-8-4-5-9(10(13)7-8)11-3-1-2-6-14-11;/h1-10H,11H2,(H,15,16);1-4,6-7H;/q;-1;/p+1. The van der Waals surface area contributed by atoms with Gasteiger partial charge in [0.1, 0.15) is 0 Å². The normalized spacial score (nSPS) is 9.97. The number of aromatic nitrogens is 1. The van der Waals surface area contributed by atoms with E-state index >= 15 is 0 Å². The second-order valence-electron chi connectivity index (χ2n) is 6.54. The fraction of sp³-hybridized carbons (Fsp3) is 0.0400. The maximum absolute atomic E-state index is 13.2. The van der Waals surface area contributed by atoms with Crippen LogP contribution < -0.4 is 10.6 Å². The summed E-state index contributed by atoms with van der Waals surface area (Å²) in [5.74, 6) is -2.02. The van der Waals surface area contributed by atoms with Crippen LogP contribution in [0.15, 0.2) is 97.2 Å². The molecule has 32 heavy (non-hydrogen) atoms. The van der Waals surface area contributed by atoms with Crippen molar-refractivity contribution in [2.75, 3.05) is 6.16 Å². The largest absolute Gasteiger partial charge is 0.479 e. The Balaban J connectivity index is 0.000000224. The molecule has 7 heteroatoms. The second-order valence-corrected chi connectivity index (χ2v) is 9.00. The first-order valence-corrected chi connectivity index (χ1v) is 11.2. The molecule has 0 atom stereocenters. The summed E-state index contributed by atoms with van der Waals surface area (Å²) in [7, 11) is -1.20. The van der Waals surface area contributed by atoms with E-state index in [1.807, 2.05) is 60.7 Å². The van der Waals surface area contributed by atoms with E-state index in [-0.39, 0.29) is 31.8 Å². The van der Waals surface area contributed by atoms with Crippen LogP contribution in [-0.2, 0) is 24.9 Å². The maximum atomic E-state index is 13.2. The second kappa shape index (κ2) is 12.9. The summed E-state index contributed by atoms with van der Waals surface area (Å²) < 4.78 is 25.8. The van der Waals surface area contributed by atoms with Gasteiger partial charge in [0.15, 0.2) is 6.16 Å². The van der Waals surface area contributed by atoms with Crippen LogP contribution >= 0.6 is 7.92 Å². The van der Waals surface area contributed by atoms with Crippen molar-refractivity contribution in [3.8, 4) is 11.3 Å². The molecule has 0 unspecified atom stereocenters. The third-order valence-corrected chi connectivity index (χ3v) is 7.07. The summed E-state index contributed by atoms with van der Waals surface area (Å²) in [4.78, 5) is 14.9. The molecule has 3 aromatic carbocycles. The Bertz CT molecular complexity index is 1080. The fourth-order valence-electron chi connectivity index (χ4n) is 2.95. The molecular formula is C25H20F2IrNO2P. The van der Waals surface area contributed by atoms with Crippen molar-refractivity contribution in [1.82, 2.24) is 4.98 Å². The van der Waals surface area contributed by atoms with Crippen LogP contribution in [0.4, 0.5) is 8.78 Å². The molecule has 3 nitrogen and oxygen atoms in total. The zero-order chi connectivity index (χ0) is 22.1. The smallest absolute Gasteiger partial charge is 0.342 e. The number of carbonyl (C=O) groups is 1. The molecule has 1 N–H and O–H groups in total. The molecule has 4 rings (SSSR count). The van der Waals surface area contributed by atoms with E-state index in [1.165, 1.54) is 0 Å². The average Bonchev–Trinajstić information content (AvgIpc) is 2.80. The molecule has 165 valence electrons. The minimum Gasteiger partial charge on any atom is -0.479 e. The Morgan fingerprint density at radius 3 is 1.94 bits per heavy atom. The minimum absolute atomic E-state index is 0. The summed E-state index contributed by atoms with van der Waals surface area (Å²) in [6.07, 6.45) is 1.77. The number of halogens is 2. The topological polar surface area (TPSA) is 50.2 Å². The quantitative estimate of drug-likeness (QED) is 0.257. The molecule has 1 radical (unpaired) electrons. The Morgan fingerprint density at radius 2 is 1.47 bits per heavy atom. The molecule has 0 fully saturated rings. The van der Waals surface area contributed by atoms with Gasteiger partial charge in [0, 0.05) is 37.9 Å². The van der Waals surface area contributed by atoms with Crippen molar-refractivity contribution in [3.63, 3.8) is 0 Å². The Hall–Kier alpha value is -2.78. The average molecular weight is 628 g/mol. The summed E-state index contributed by atoms with van der Waals surface area (Å²) >= 11 is 0. The summed E-state index contributed by atoms with van der Waals surface area (Å²) in [6, 6.07) is 29.4. The third-order valence-electron chi connectivity index (χ3n) is 4.35. The van der Waals surface area contributed by atoms with Crippen LogP contribution in [0.1, 0.15) is 0 Å². The number of carboxylic acids is 1. The number of hydrogen-bond donors (Lipinski definition) is 1. The van der Waals surface area contributed by atoms with Crippen molar-refractivity contribution in [2.24, 2.45) is 0 Å². The van der Waals surface area contributed by atoms with E-state index in [4.69, 9.17) is 5.11 Å². The zero-order valence-corrected chi connectivity index (χ0v) is 20.2. The molecule has 0 spiro atoms. The predicted molar refractivity (Wildman–Crippen MR) is 121 cm³/mol. The van der Waals surface area contributed by atoms with E-state index in [0.717, 1.165) is 22.7 Å². The summed E-state index contributed by atoms with van der Waals surface area (Å²) in [5.41, 5.74) is 0.636. The summed E-state index contributed by atoms with van der Waals surface area (Å²) in [6.45, 7) is 0. The van der Waals surface area contributed by atoms with Gasteiger partial charge < -0.3 is 10.1 Å². The molecule has 0 saturated carbocycles. The molecule has 1 aromatic heterocycles. The van der Waals surface area contributed by atoms with Crippen LogP contribution in [0.25, 0.3) is 11.3 Å². The van der Waals surface area contributed by atoms with E-state index in [9.17, 15) is 13.6 Å². The first-order chi connectivity index (χ1) is 15.0. The van der Waals surface area contributed by atoms with E-state index in [0.29, 0.717) is 5.69 Å². The number of aliphatic carboxylic acids is 1. The number of nitrogens with zero attached hydrogens (tertiary/aromatic N) is 1. The van der Waals surface area contributed by atoms with Gasteiger partial charge in [0.05, 0.1) is 18.5 Å². The molecule has 1 heterocycles. The molecule has 0 aliphatic heterocycles. The van der Waals surface area contributed by atoms with Crippen LogP contribution in [0.2, 0.25) is 0 Å². The van der Waals surface area contributed by atoms with Gasteiger partial charge >= 0.3 is 5.97 Å². The predicted octanol–water partition coefficient (Wildman–Crippen LogP) is 4.76. The van der Waals surface area contributed by atoms with Crippen molar-refractivity contribution in [3.05, 3.63) is 115 Å². The van der Waals surface area contributed by atoms with E-state index in [1.54, 1.807) is 24.4 Å². The van der Waals surface area contributed by atoms with Gasteiger partial charge in [-0.05, 0) is 36.0 Å². The van der Waals surface area contributed by atoms with Crippen LogP contribution in [0.5, 0.6) is 0 Å². The van der Waals surface area contributed by atoms with Gasteiger partial charge in [-0.15, -0.1) is 12.1 Å². The van der Waals surface area contributed by atoms with Crippen molar-refractivity contribution in [2.45, 2.75) is 0 Å². The first kappa shape index (κ1) is 25.5. The van der Waals surface area contributed by atoms with Crippen molar-refractivity contribution >= 4 is 24.5 Å². The molecule has 0 aliphatic carbocycles. The third kappa shape index (κ3) is 7.42. The van der Waals surface area contributed by atoms with Crippen molar-refractivity contribution < 1.29 is 38.8 Å². The van der Waals surface area contributed by atoms with Gasteiger partial charge in [-0.1, -0.05) is 60.2 Å². The fourth-order valence-corrected chi connectivity index (χ4v) is 5.19. The van der Waals surface area contributed by atoms with Gasteiger partial charge in [-0.2, -0.15) is 0 Å². The molecule has 0 bridgehead atoms. The Labute approximate surface area is 200 Å². The molecule has 0 aliphatic rings. The van der Waals surface area contributed by atoms with Crippen molar-refractivity contribution in [1.29, 1.82) is 0 Å². The van der Waals surface area contributed by atoms with Crippen LogP contribution in [0, 0.1) is 17.7 Å². The molecule has 0 saturated heterocycles. The summed E-state index contributed by atoms with van der Waals surface area (Å²) in [5, 5.41) is 11.3. The Morgan fingerprint density at radius 1 is 0.906 bits per heavy atom. The number of pyridine rings is 1. The Kier molecular flexibility index (Phi) is 10.3. The van der Waals surface area contributed by atoms with Gasteiger partial charge in [-0.3, -0.25) is 8.78 Å². The van der Waals surface area contributed by atoms with Gasteiger partial charge in [0.2, 0.25) is 0 Å². The first-order valence-electron chi connectivity index (χ1n) is 9.51. The SMILES string of the molecule is Fc1c[c-]c(-c2ccccn2)c(F)c1.O=C(O)C[PH+](c1ccccc1)c1ccccc1.[Ir]. The maximum Gasteiger partial charge on any atom is 0.342 e. The van der Waals surface area contributed by atoms with Gasteiger partial charge in [0.25, 0.3) is 0 Å². The van der Waals surface area contributed by atoms with E-state index in [2.05, 4.69) is 11.1 Å². The number of hydrogen-bond acceptors (Lipinski definition) is 2. The minimum atomic E-state index is -1.20. The molecule has 4 aromatic rings. The number of carboxylic acid groups (broad SMARTS) is 1. The molecular weight excluding hydrogens is 607 g/mol. The van der Waals surface area contributed by atoms with E-state index < -0.39 is 25.5 Å².